The number of hydrogen-bond donors (Lipinski definition) is 13. The van der Waals surface area contributed by atoms with Crippen LogP contribution in [0.5, 0.6) is 0 Å². The van der Waals surface area contributed by atoms with Gasteiger partial charge in [-0.2, -0.15) is 0 Å². The Kier molecular flexibility index (Phi) is 16.9. The topological polar surface area (TPSA) is 357 Å². The molecule has 0 bridgehead atoms. The van der Waals surface area contributed by atoms with Gasteiger partial charge in [-0.1, -0.05) is 6.08 Å². The second kappa shape index (κ2) is 21.6. The lowest BCUT2D eigenvalue weighted by molar-refractivity contribution is -0.385. The molecule has 22 heteroatoms. The molecule has 23 atom stereocenters. The SMILES string of the molecule is O=C(C=CC1CCC(O)CC1)OC[C@H]1O[C@@H](OC2CC3C(O[C@@H]4O[C@H](CO)[C@@H](O)[C@H](O)[C@H]4O)CC(O)CC3[OH+]C2C2CCC(O)C(O)C2)[C@H](O[C@@H]2OC[C@@H](O)[C@H](O)[C@H]2O)[C@@H](O)[C@@H]1O. The van der Waals surface area contributed by atoms with E-state index in [0.717, 1.165) is 0 Å². The highest BCUT2D eigenvalue weighted by molar-refractivity contribution is 5.81. The van der Waals surface area contributed by atoms with Crippen LogP contribution < -0.4 is 0 Å². The zero-order chi connectivity index (χ0) is 45.3. The van der Waals surface area contributed by atoms with Crippen molar-refractivity contribution in [2.45, 2.75) is 199 Å². The molecule has 0 aromatic carbocycles. The van der Waals surface area contributed by atoms with Crippen LogP contribution >= 0.6 is 0 Å². The standard InChI is InChI=1S/C41H66O22/c42-13-27-31(50)33(52)36(55)40(61-27)59-25-11-19(44)10-24-20(25)12-26(37(58-24)17-4-7-21(45)22(46)9-17)60-41-38(63-39-35(54)30(49)23(47)14-57-39)34(53)32(51)28(62-41)15-56-29(48)8-3-16-1-5-18(43)6-2-16/h3,8,16-28,30-47,49-55H,1-2,4-7,9-15H2/p+1/t16?,17?,18?,19?,20?,21?,22?,23-,24?,25?,26?,27-,28-,30+,31-,32-,33+,34+,35-,36-,37?,38-,39+,40-,41-/m1/s1. The Hall–Kier alpha value is -1.59. The Bertz CT molecular complexity index is 1480. The van der Waals surface area contributed by atoms with Gasteiger partial charge in [0, 0.05) is 24.8 Å². The molecule has 63 heavy (non-hydrogen) atoms. The summed E-state index contributed by atoms with van der Waals surface area (Å²) < 4.78 is 46.8. The maximum absolute atomic E-state index is 12.8. The van der Waals surface area contributed by atoms with E-state index in [9.17, 15) is 71.2 Å². The Morgan fingerprint density at radius 3 is 2.00 bits per heavy atom. The third-order valence-corrected chi connectivity index (χ3v) is 14.0. The lowest BCUT2D eigenvalue weighted by Gasteiger charge is -2.50. The molecule has 7 fully saturated rings. The number of carbonyl (C=O) groups is 1. The summed E-state index contributed by atoms with van der Waals surface area (Å²) in [6, 6.07) is 0. The number of rotatable bonds is 12. The normalized spacial score (nSPS) is 51.1. The van der Waals surface area contributed by atoms with E-state index in [1.165, 1.54) is 6.08 Å². The summed E-state index contributed by atoms with van der Waals surface area (Å²) in [6.07, 6.45) is -23.0. The first-order valence-electron chi connectivity index (χ1n) is 22.2. The number of aliphatic hydroxyl groups is 15. The molecule has 7 rings (SSSR count). The molecule has 0 aromatic heterocycles. The second-order valence-electron chi connectivity index (χ2n) is 18.4. The zero-order valence-corrected chi connectivity index (χ0v) is 34.8. The van der Waals surface area contributed by atoms with Gasteiger partial charge in [-0.05, 0) is 57.3 Å². The van der Waals surface area contributed by atoms with Crippen LogP contribution in [0.1, 0.15) is 64.2 Å². The fraction of sp³-hybridized carbons (Fsp3) is 0.927. The van der Waals surface area contributed by atoms with Crippen LogP contribution in [0.15, 0.2) is 12.2 Å². The minimum atomic E-state index is -1.86. The largest absolute Gasteiger partial charge is 0.460 e. The third kappa shape index (κ3) is 11.4. The van der Waals surface area contributed by atoms with Crippen molar-refractivity contribution in [1.82, 2.24) is 0 Å². The summed E-state index contributed by atoms with van der Waals surface area (Å²) in [5, 5.41) is 138. The molecule has 0 aromatic rings. The number of ether oxygens (including phenoxy) is 8. The Morgan fingerprint density at radius 1 is 0.603 bits per heavy atom. The van der Waals surface area contributed by atoms with Crippen molar-refractivity contribution in [1.29, 1.82) is 0 Å². The van der Waals surface area contributed by atoms with Crippen molar-refractivity contribution >= 4 is 5.97 Å². The van der Waals surface area contributed by atoms with E-state index < -0.39 is 166 Å². The Morgan fingerprint density at radius 2 is 1.29 bits per heavy atom. The van der Waals surface area contributed by atoms with Gasteiger partial charge in [-0.3, -0.25) is 0 Å². The molecular formula is C41H67O22+. The van der Waals surface area contributed by atoms with Crippen LogP contribution in [-0.2, 0) is 38.0 Å². The molecule has 0 spiro atoms. The molecule has 0 radical (unpaired) electrons. The molecule has 4 heterocycles. The van der Waals surface area contributed by atoms with Gasteiger partial charge in [0.15, 0.2) is 31.1 Å². The lowest BCUT2D eigenvalue weighted by atomic mass is 9.72. The van der Waals surface area contributed by atoms with E-state index in [2.05, 4.69) is 0 Å². The summed E-state index contributed by atoms with van der Waals surface area (Å²) in [5.41, 5.74) is 0. The summed E-state index contributed by atoms with van der Waals surface area (Å²) in [7, 11) is 0. The number of aliphatic hydroxyl groups excluding tert-OH is 13. The van der Waals surface area contributed by atoms with Crippen molar-refractivity contribution in [2.24, 2.45) is 17.8 Å². The predicted molar refractivity (Wildman–Crippen MR) is 207 cm³/mol. The van der Waals surface area contributed by atoms with Gasteiger partial charge in [0.1, 0.15) is 79.9 Å². The van der Waals surface area contributed by atoms with Gasteiger partial charge >= 0.3 is 5.97 Å². The van der Waals surface area contributed by atoms with Gasteiger partial charge in [-0.15, -0.1) is 0 Å². The van der Waals surface area contributed by atoms with Crippen LogP contribution in [-0.4, -0.2) is 232 Å². The molecule has 7 aliphatic rings. The fourth-order valence-corrected chi connectivity index (χ4v) is 10.2. The van der Waals surface area contributed by atoms with E-state index >= 15 is 0 Å². The van der Waals surface area contributed by atoms with Crippen molar-refractivity contribution in [3.05, 3.63) is 12.2 Å². The van der Waals surface area contributed by atoms with E-state index in [1.807, 2.05) is 0 Å². The highest BCUT2D eigenvalue weighted by Gasteiger charge is 2.57. The highest BCUT2D eigenvalue weighted by Crippen LogP contribution is 2.44. The minimum Gasteiger partial charge on any atom is -0.460 e. The monoisotopic (exact) mass is 911 g/mol. The second-order valence-corrected chi connectivity index (χ2v) is 18.4. The average molecular weight is 912 g/mol. The molecule has 22 nitrogen and oxygen atoms in total. The summed E-state index contributed by atoms with van der Waals surface area (Å²) in [6.45, 7) is -1.72. The van der Waals surface area contributed by atoms with Gasteiger partial charge in [0.2, 0.25) is 0 Å². The highest BCUT2D eigenvalue weighted by atomic mass is 16.8. The maximum atomic E-state index is 12.8. The molecule has 3 aliphatic carbocycles. The maximum Gasteiger partial charge on any atom is 0.330 e. The first-order chi connectivity index (χ1) is 30.0. The molecular weight excluding hydrogens is 844 g/mol. The molecule has 0 amide bonds. The number of esters is 1. The fourth-order valence-electron chi connectivity index (χ4n) is 10.2. The van der Waals surface area contributed by atoms with Crippen molar-refractivity contribution < 1.29 is 109 Å². The molecule has 3 saturated carbocycles. The van der Waals surface area contributed by atoms with E-state index in [-0.39, 0.29) is 44.1 Å². The van der Waals surface area contributed by atoms with Crippen LogP contribution in [0, 0.1) is 17.8 Å². The molecule has 9 unspecified atom stereocenters. The molecule has 4 aliphatic heterocycles. The minimum absolute atomic E-state index is 0.0175. The van der Waals surface area contributed by atoms with Gasteiger partial charge in [0.05, 0.1) is 49.7 Å². The van der Waals surface area contributed by atoms with Gasteiger partial charge < -0.3 is 104 Å². The van der Waals surface area contributed by atoms with E-state index in [4.69, 9.17) is 37.9 Å². The number of hydrogen-bond acceptors (Lipinski definition) is 21. The first kappa shape index (κ1) is 49.3. The molecule has 4 saturated heterocycles. The number of carbonyl (C=O) groups excluding carboxylic acids is 1. The van der Waals surface area contributed by atoms with Gasteiger partial charge in [0.25, 0.3) is 0 Å². The lowest BCUT2D eigenvalue weighted by Crippen LogP contribution is -2.65. The molecule has 14 N–H and O–H groups in total. The summed E-state index contributed by atoms with van der Waals surface area (Å²) in [5.74, 6) is -1.68. The van der Waals surface area contributed by atoms with E-state index in [1.54, 1.807) is 6.08 Å². The van der Waals surface area contributed by atoms with Crippen molar-refractivity contribution in [2.75, 3.05) is 19.8 Å². The van der Waals surface area contributed by atoms with Crippen LogP contribution in [0.4, 0.5) is 0 Å². The Labute approximate surface area is 363 Å². The first-order valence-corrected chi connectivity index (χ1v) is 22.2. The zero-order valence-electron chi connectivity index (χ0n) is 34.8. The van der Waals surface area contributed by atoms with Crippen LogP contribution in [0.2, 0.25) is 0 Å². The predicted octanol–water partition coefficient (Wildman–Crippen LogP) is -5.56. The van der Waals surface area contributed by atoms with Crippen molar-refractivity contribution in [3.8, 4) is 0 Å². The van der Waals surface area contributed by atoms with E-state index in [0.29, 0.717) is 32.1 Å². The van der Waals surface area contributed by atoms with Crippen molar-refractivity contribution in [3.63, 3.8) is 0 Å². The van der Waals surface area contributed by atoms with Crippen LogP contribution in [0.25, 0.3) is 0 Å². The number of fused-ring (bicyclic) bond motifs is 1. The number of allylic oxidation sites excluding steroid dienone is 1. The summed E-state index contributed by atoms with van der Waals surface area (Å²) >= 11 is 0. The quantitative estimate of drug-likeness (QED) is 0.0493. The van der Waals surface area contributed by atoms with Gasteiger partial charge in [-0.25, -0.2) is 4.79 Å². The Balaban J connectivity index is 1.14. The van der Waals surface area contributed by atoms with Crippen LogP contribution in [0.3, 0.4) is 0 Å². The average Bonchev–Trinajstić information content (AvgIpc) is 3.26. The summed E-state index contributed by atoms with van der Waals surface area (Å²) in [4.78, 5) is 12.8. The third-order valence-electron chi connectivity index (χ3n) is 14.0. The smallest absolute Gasteiger partial charge is 0.330 e. The molecule has 362 valence electrons.